The zero-order chi connectivity index (χ0) is 13.0. The minimum atomic E-state index is -1.33. The average molecular weight is 240 g/mol. The van der Waals surface area contributed by atoms with E-state index in [4.69, 9.17) is 5.73 Å². The molecule has 7 heteroatoms. The number of amides is 1. The summed E-state index contributed by atoms with van der Waals surface area (Å²) in [5, 5.41) is 9.17. The average Bonchev–Trinajstić information content (AvgIpc) is 2.60. The Kier molecular flexibility index (Phi) is 4.22. The fourth-order valence-electron chi connectivity index (χ4n) is 1.28. The normalized spacial score (nSPS) is 12.0. The van der Waals surface area contributed by atoms with E-state index in [9.17, 15) is 9.59 Å². The van der Waals surface area contributed by atoms with Gasteiger partial charge in [-0.2, -0.15) is 5.10 Å². The fourth-order valence-corrected chi connectivity index (χ4v) is 1.28. The highest BCUT2D eigenvalue weighted by Crippen LogP contribution is 2.15. The van der Waals surface area contributed by atoms with Crippen molar-refractivity contribution in [3.05, 3.63) is 11.4 Å². The topological polar surface area (TPSA) is 110 Å². The number of nitrogens with two attached hydrogens (primary N) is 1. The van der Waals surface area contributed by atoms with Gasteiger partial charge in [0.1, 0.15) is 0 Å². The van der Waals surface area contributed by atoms with Crippen LogP contribution in [-0.2, 0) is 14.3 Å². The predicted molar refractivity (Wildman–Crippen MR) is 61.3 cm³/mol. The molecule has 7 nitrogen and oxygen atoms in total. The Morgan fingerprint density at radius 3 is 2.65 bits per heavy atom. The highest BCUT2D eigenvalue weighted by atomic mass is 16.5. The van der Waals surface area contributed by atoms with E-state index in [0.29, 0.717) is 17.1 Å². The number of aromatic amines is 1. The van der Waals surface area contributed by atoms with Gasteiger partial charge in [0.15, 0.2) is 6.04 Å². The van der Waals surface area contributed by atoms with Crippen LogP contribution in [0.4, 0.5) is 5.69 Å². The second-order valence-corrected chi connectivity index (χ2v) is 3.53. The van der Waals surface area contributed by atoms with Crippen molar-refractivity contribution in [2.24, 2.45) is 5.73 Å². The van der Waals surface area contributed by atoms with Gasteiger partial charge in [-0.05, 0) is 20.8 Å². The lowest BCUT2D eigenvalue weighted by atomic mass is 10.2. The lowest BCUT2D eigenvalue weighted by molar-refractivity contribution is -0.146. The Balaban J connectivity index is 2.70. The maximum Gasteiger partial charge on any atom is 0.332 e. The van der Waals surface area contributed by atoms with E-state index in [1.165, 1.54) is 0 Å². The standard InChI is InChI=1S/C10H16N4O3/c1-4-17-10(16)7(11)9(15)12-8-5(2)13-14-6(8)3/h7H,4,11H2,1-3H3,(H,12,15)(H,13,14). The molecule has 0 saturated carbocycles. The van der Waals surface area contributed by atoms with Crippen molar-refractivity contribution in [2.75, 3.05) is 11.9 Å². The summed E-state index contributed by atoms with van der Waals surface area (Å²) in [5.74, 6) is -1.36. The second-order valence-electron chi connectivity index (χ2n) is 3.53. The summed E-state index contributed by atoms with van der Waals surface area (Å²) in [6.45, 7) is 5.32. The van der Waals surface area contributed by atoms with Crippen molar-refractivity contribution in [1.82, 2.24) is 10.2 Å². The first-order chi connectivity index (χ1) is 7.97. The molecule has 1 heterocycles. The van der Waals surface area contributed by atoms with E-state index in [1.807, 2.05) is 0 Å². The van der Waals surface area contributed by atoms with Gasteiger partial charge >= 0.3 is 5.97 Å². The molecule has 0 aromatic carbocycles. The molecular weight excluding hydrogens is 224 g/mol. The largest absolute Gasteiger partial charge is 0.464 e. The van der Waals surface area contributed by atoms with Crippen molar-refractivity contribution in [3.63, 3.8) is 0 Å². The third-order valence-electron chi connectivity index (χ3n) is 2.20. The molecule has 94 valence electrons. The van der Waals surface area contributed by atoms with E-state index in [2.05, 4.69) is 20.3 Å². The molecule has 0 aliphatic carbocycles. The van der Waals surface area contributed by atoms with Gasteiger partial charge in [-0.1, -0.05) is 0 Å². The molecule has 0 fully saturated rings. The molecule has 1 unspecified atom stereocenters. The number of aromatic nitrogens is 2. The molecule has 17 heavy (non-hydrogen) atoms. The molecule has 1 amide bonds. The van der Waals surface area contributed by atoms with E-state index >= 15 is 0 Å². The molecule has 0 saturated heterocycles. The molecule has 0 aliphatic heterocycles. The van der Waals surface area contributed by atoms with Gasteiger partial charge in [0.2, 0.25) is 0 Å². The van der Waals surface area contributed by atoms with Crippen molar-refractivity contribution in [2.45, 2.75) is 26.8 Å². The number of anilines is 1. The van der Waals surface area contributed by atoms with Gasteiger partial charge in [0.25, 0.3) is 5.91 Å². The number of carbonyl (C=O) groups excluding carboxylic acids is 2. The van der Waals surface area contributed by atoms with Crippen LogP contribution in [0.2, 0.25) is 0 Å². The number of H-pyrrole nitrogens is 1. The van der Waals surface area contributed by atoms with Crippen LogP contribution in [-0.4, -0.2) is 34.7 Å². The van der Waals surface area contributed by atoms with Crippen LogP contribution >= 0.6 is 0 Å². The first kappa shape index (κ1) is 13.2. The minimum absolute atomic E-state index is 0.184. The molecule has 1 aromatic rings. The van der Waals surface area contributed by atoms with E-state index in [1.54, 1.807) is 20.8 Å². The zero-order valence-electron chi connectivity index (χ0n) is 10.0. The van der Waals surface area contributed by atoms with Crippen molar-refractivity contribution in [1.29, 1.82) is 0 Å². The lowest BCUT2D eigenvalue weighted by Gasteiger charge is -2.11. The number of nitrogens with one attached hydrogen (secondary N) is 2. The van der Waals surface area contributed by atoms with Crippen LogP contribution < -0.4 is 11.1 Å². The Labute approximate surface area is 98.7 Å². The van der Waals surface area contributed by atoms with Crippen LogP contribution in [0.5, 0.6) is 0 Å². The molecule has 0 radical (unpaired) electrons. The molecular formula is C10H16N4O3. The number of hydrogen-bond donors (Lipinski definition) is 3. The summed E-state index contributed by atoms with van der Waals surface area (Å²) < 4.78 is 4.66. The number of nitrogens with zero attached hydrogens (tertiary/aromatic N) is 1. The number of aryl methyl sites for hydroxylation is 2. The van der Waals surface area contributed by atoms with Crippen LogP contribution in [0, 0.1) is 13.8 Å². The molecule has 1 rings (SSSR count). The van der Waals surface area contributed by atoms with Gasteiger partial charge in [-0.25, -0.2) is 4.79 Å². The number of ether oxygens (including phenoxy) is 1. The predicted octanol–water partition coefficient (Wildman–Crippen LogP) is -0.145. The molecule has 1 aromatic heterocycles. The van der Waals surface area contributed by atoms with Gasteiger partial charge in [-0.3, -0.25) is 9.89 Å². The van der Waals surface area contributed by atoms with E-state index in [-0.39, 0.29) is 6.61 Å². The summed E-state index contributed by atoms with van der Waals surface area (Å²) in [4.78, 5) is 22.9. The third kappa shape index (κ3) is 3.04. The maximum atomic E-state index is 11.7. The fraction of sp³-hybridized carbons (Fsp3) is 0.500. The van der Waals surface area contributed by atoms with Gasteiger partial charge in [-0.15, -0.1) is 0 Å². The lowest BCUT2D eigenvalue weighted by Crippen LogP contribution is -2.43. The number of carbonyl (C=O) groups is 2. The quantitative estimate of drug-likeness (QED) is 0.501. The minimum Gasteiger partial charge on any atom is -0.464 e. The number of rotatable bonds is 4. The maximum absolute atomic E-state index is 11.7. The SMILES string of the molecule is CCOC(=O)C(N)C(=O)Nc1c(C)n[nH]c1C. The van der Waals surface area contributed by atoms with Crippen LogP contribution in [0.25, 0.3) is 0 Å². The Morgan fingerprint density at radius 1 is 1.53 bits per heavy atom. The van der Waals surface area contributed by atoms with Crippen LogP contribution in [0.15, 0.2) is 0 Å². The number of hydrogen-bond acceptors (Lipinski definition) is 5. The third-order valence-corrected chi connectivity index (χ3v) is 2.20. The Bertz CT molecular complexity index is 408. The highest BCUT2D eigenvalue weighted by Gasteiger charge is 2.24. The summed E-state index contributed by atoms with van der Waals surface area (Å²) in [7, 11) is 0. The second kappa shape index (κ2) is 5.44. The zero-order valence-corrected chi connectivity index (χ0v) is 10.0. The highest BCUT2D eigenvalue weighted by molar-refractivity contribution is 6.08. The Morgan fingerprint density at radius 2 is 2.18 bits per heavy atom. The van der Waals surface area contributed by atoms with Crippen LogP contribution in [0.1, 0.15) is 18.3 Å². The summed E-state index contributed by atoms with van der Waals surface area (Å²) in [6, 6.07) is -1.33. The van der Waals surface area contributed by atoms with Crippen molar-refractivity contribution < 1.29 is 14.3 Å². The molecule has 4 N–H and O–H groups in total. The smallest absolute Gasteiger partial charge is 0.332 e. The summed E-state index contributed by atoms with van der Waals surface area (Å²) in [6.07, 6.45) is 0. The van der Waals surface area contributed by atoms with Gasteiger partial charge < -0.3 is 15.8 Å². The van der Waals surface area contributed by atoms with Crippen molar-refractivity contribution in [3.8, 4) is 0 Å². The first-order valence-corrected chi connectivity index (χ1v) is 5.22. The first-order valence-electron chi connectivity index (χ1n) is 5.22. The van der Waals surface area contributed by atoms with E-state index < -0.39 is 17.9 Å². The molecule has 1 atom stereocenters. The van der Waals surface area contributed by atoms with Crippen molar-refractivity contribution >= 4 is 17.6 Å². The molecule has 0 aliphatic rings. The monoisotopic (exact) mass is 240 g/mol. The van der Waals surface area contributed by atoms with Crippen LogP contribution in [0.3, 0.4) is 0 Å². The summed E-state index contributed by atoms with van der Waals surface area (Å²) >= 11 is 0. The van der Waals surface area contributed by atoms with E-state index in [0.717, 1.165) is 0 Å². The summed E-state index contributed by atoms with van der Waals surface area (Å²) in [5.41, 5.74) is 7.32. The molecule has 0 bridgehead atoms. The van der Waals surface area contributed by atoms with Gasteiger partial charge in [0, 0.05) is 0 Å². The number of esters is 1. The molecule has 0 spiro atoms. The van der Waals surface area contributed by atoms with Gasteiger partial charge in [0.05, 0.1) is 23.7 Å². The Hall–Kier alpha value is -1.89.